The van der Waals surface area contributed by atoms with E-state index in [1.165, 1.54) is 0 Å². The first-order chi connectivity index (χ1) is 21.6. The average molecular weight is 633 g/mol. The monoisotopic (exact) mass is 633 g/mol. The predicted octanol–water partition coefficient (Wildman–Crippen LogP) is 6.92. The SMILES string of the molecule is O=C(O)Oc1cccc2c3nc4nc(nc5[nH]c(nc6nc(nc([nH]3)c12)-c1ccccc1-6)c1ccccc51)-c1ccccc1-4.[Co]. The van der Waals surface area contributed by atoms with E-state index in [1.54, 1.807) is 12.1 Å². The van der Waals surface area contributed by atoms with E-state index in [0.717, 1.165) is 33.0 Å². The fraction of sp³-hybridized carbons (Fsp3) is 0. The average Bonchev–Trinajstić information content (AvgIpc) is 3.77. The van der Waals surface area contributed by atoms with Gasteiger partial charge < -0.3 is 19.8 Å². The number of nitrogens with one attached hydrogen (secondary N) is 2. The van der Waals surface area contributed by atoms with Gasteiger partial charge in [0.15, 0.2) is 23.3 Å². The molecule has 8 bridgehead atoms. The fourth-order valence-electron chi connectivity index (χ4n) is 5.84. The van der Waals surface area contributed by atoms with E-state index in [-0.39, 0.29) is 22.5 Å². The second kappa shape index (κ2) is 10.0. The van der Waals surface area contributed by atoms with E-state index in [0.29, 0.717) is 56.7 Å². The third-order valence-corrected chi connectivity index (χ3v) is 7.74. The van der Waals surface area contributed by atoms with Gasteiger partial charge in [0.2, 0.25) is 0 Å². The van der Waals surface area contributed by atoms with Crippen molar-refractivity contribution < 1.29 is 31.4 Å². The molecule has 0 saturated carbocycles. The smallest absolute Gasteiger partial charge is 0.449 e. The molecular weight excluding hydrogens is 615 g/mol. The fourth-order valence-corrected chi connectivity index (χ4v) is 5.84. The number of rotatable bonds is 1. The van der Waals surface area contributed by atoms with E-state index in [2.05, 4.69) is 9.97 Å². The van der Waals surface area contributed by atoms with Gasteiger partial charge in [-0.2, -0.15) is 0 Å². The molecule has 3 aromatic heterocycles. The quantitative estimate of drug-likeness (QED) is 0.129. The van der Waals surface area contributed by atoms with Crippen LogP contribution in [0.15, 0.2) is 91.0 Å². The number of hydrogen-bond donors (Lipinski definition) is 3. The van der Waals surface area contributed by atoms with Gasteiger partial charge in [0.1, 0.15) is 28.3 Å². The van der Waals surface area contributed by atoms with E-state index >= 15 is 0 Å². The summed E-state index contributed by atoms with van der Waals surface area (Å²) in [5, 5.41) is 12.3. The Morgan fingerprint density at radius 2 is 0.911 bits per heavy atom. The van der Waals surface area contributed by atoms with Crippen LogP contribution in [0.3, 0.4) is 0 Å². The van der Waals surface area contributed by atoms with Gasteiger partial charge >= 0.3 is 6.16 Å². The van der Waals surface area contributed by atoms with Crippen LogP contribution in [0.1, 0.15) is 0 Å². The Hall–Kier alpha value is -5.98. The topological polar surface area (TPSA) is 155 Å². The summed E-state index contributed by atoms with van der Waals surface area (Å²) in [5.74, 6) is 1.95. The molecule has 5 heterocycles. The van der Waals surface area contributed by atoms with E-state index in [4.69, 9.17) is 34.6 Å². The normalized spacial score (nSPS) is 11.6. The van der Waals surface area contributed by atoms with Gasteiger partial charge in [-0.05, 0) is 6.07 Å². The van der Waals surface area contributed by atoms with Crippen LogP contribution >= 0.6 is 0 Å². The number of ether oxygens (including phenoxy) is 1. The van der Waals surface area contributed by atoms with Crippen LogP contribution in [0.5, 0.6) is 5.75 Å². The number of benzene rings is 4. The Labute approximate surface area is 263 Å². The van der Waals surface area contributed by atoms with Crippen molar-refractivity contribution in [1.82, 2.24) is 39.9 Å². The first-order valence-electron chi connectivity index (χ1n) is 13.7. The number of carbonyl (C=O) groups is 1. The standard InChI is InChI=1S/C33H18N8O3.Co/c42-33(43)44-23-15-7-14-22-24(23)32-40-30-21-13-6-5-12-20(21)28(38-30)36-26-17-9-2-1-8-16(17)25(34-26)35-27-18-10-3-4-11-19(18)29(37-27)39-31(22)41-32;/h1-15H,(H,42,43)(H2,34,35,36,37,38,39,40,41);. The number of aromatic nitrogens is 8. The Morgan fingerprint density at radius 1 is 0.511 bits per heavy atom. The van der Waals surface area contributed by atoms with E-state index < -0.39 is 6.16 Å². The second-order valence-electron chi connectivity index (χ2n) is 10.3. The first kappa shape index (κ1) is 26.6. The zero-order valence-electron chi connectivity index (χ0n) is 22.9. The summed E-state index contributed by atoms with van der Waals surface area (Å²) in [6.45, 7) is 0. The zero-order chi connectivity index (χ0) is 29.4. The molecule has 2 aliphatic heterocycles. The molecule has 2 aliphatic rings. The van der Waals surface area contributed by atoms with Gasteiger partial charge in [-0.1, -0.05) is 84.9 Å². The molecule has 0 atom stereocenters. The maximum absolute atomic E-state index is 11.6. The molecule has 0 unspecified atom stereocenters. The van der Waals surface area contributed by atoms with Crippen LogP contribution in [0, 0.1) is 0 Å². The van der Waals surface area contributed by atoms with Crippen molar-refractivity contribution in [2.75, 3.05) is 0 Å². The van der Waals surface area contributed by atoms with E-state index in [9.17, 15) is 9.90 Å². The second-order valence-corrected chi connectivity index (χ2v) is 10.3. The van der Waals surface area contributed by atoms with Gasteiger partial charge in [-0.3, -0.25) is 0 Å². The minimum Gasteiger partial charge on any atom is -0.449 e. The molecular formula is C33H18CoN8O3. The molecule has 3 N–H and O–H groups in total. The van der Waals surface area contributed by atoms with Crippen molar-refractivity contribution in [3.63, 3.8) is 0 Å². The maximum Gasteiger partial charge on any atom is 0.511 e. The summed E-state index contributed by atoms with van der Waals surface area (Å²) in [4.78, 5) is 47.8. The summed E-state index contributed by atoms with van der Waals surface area (Å²) in [5.41, 5.74) is 5.22. The van der Waals surface area contributed by atoms with Crippen molar-refractivity contribution in [1.29, 1.82) is 0 Å². The van der Waals surface area contributed by atoms with Crippen molar-refractivity contribution in [3.05, 3.63) is 91.0 Å². The Balaban J connectivity index is 0.00000300. The third kappa shape index (κ3) is 4.15. The molecule has 1 radical (unpaired) electrons. The maximum atomic E-state index is 11.6. The minimum atomic E-state index is -1.44. The molecule has 0 aliphatic carbocycles. The molecule has 0 spiro atoms. The summed E-state index contributed by atoms with van der Waals surface area (Å²) in [6.07, 6.45) is -1.44. The van der Waals surface area contributed by atoms with Gasteiger partial charge in [-0.15, -0.1) is 0 Å². The van der Waals surface area contributed by atoms with Crippen LogP contribution in [0.4, 0.5) is 4.79 Å². The number of H-pyrrole nitrogens is 2. The molecule has 9 rings (SSSR count). The zero-order valence-corrected chi connectivity index (χ0v) is 24.0. The van der Waals surface area contributed by atoms with Crippen LogP contribution in [0.25, 0.3) is 89.7 Å². The minimum absolute atomic E-state index is 0. The summed E-state index contributed by atoms with van der Waals surface area (Å²) < 4.78 is 5.18. The van der Waals surface area contributed by atoms with Crippen molar-refractivity contribution in [3.8, 4) is 51.3 Å². The molecule has 11 nitrogen and oxygen atoms in total. The van der Waals surface area contributed by atoms with Crippen LogP contribution in [-0.2, 0) is 16.8 Å². The van der Waals surface area contributed by atoms with E-state index in [1.807, 2.05) is 78.9 Å². The number of carboxylic acid groups (broad SMARTS) is 1. The van der Waals surface area contributed by atoms with Gasteiger partial charge in [0, 0.05) is 55.2 Å². The molecule has 4 aromatic carbocycles. The molecule has 0 saturated heterocycles. The number of hydrogen-bond acceptors (Lipinski definition) is 8. The van der Waals surface area contributed by atoms with Crippen molar-refractivity contribution >= 4 is 50.3 Å². The molecule has 0 fully saturated rings. The molecule has 12 heteroatoms. The van der Waals surface area contributed by atoms with Crippen LogP contribution < -0.4 is 4.74 Å². The predicted molar refractivity (Wildman–Crippen MR) is 165 cm³/mol. The van der Waals surface area contributed by atoms with Crippen molar-refractivity contribution in [2.45, 2.75) is 0 Å². The Morgan fingerprint density at radius 3 is 1.40 bits per heavy atom. The van der Waals surface area contributed by atoms with Gasteiger partial charge in [0.25, 0.3) is 0 Å². The van der Waals surface area contributed by atoms with Crippen molar-refractivity contribution in [2.24, 2.45) is 0 Å². The third-order valence-electron chi connectivity index (χ3n) is 7.74. The summed E-state index contributed by atoms with van der Waals surface area (Å²) in [6, 6.07) is 28.5. The van der Waals surface area contributed by atoms with Crippen LogP contribution in [-0.4, -0.2) is 51.1 Å². The van der Waals surface area contributed by atoms with Gasteiger partial charge in [-0.25, -0.2) is 34.7 Å². The first-order valence-corrected chi connectivity index (χ1v) is 13.7. The Kier molecular flexibility index (Phi) is 5.94. The van der Waals surface area contributed by atoms with Crippen LogP contribution in [0.2, 0.25) is 0 Å². The molecule has 217 valence electrons. The number of fused-ring (bicyclic) bond motifs is 20. The molecule has 0 amide bonds. The van der Waals surface area contributed by atoms with Gasteiger partial charge in [0.05, 0.1) is 5.39 Å². The number of nitrogens with zero attached hydrogens (tertiary/aromatic N) is 6. The molecule has 7 aromatic rings. The molecule has 45 heavy (non-hydrogen) atoms. The number of aromatic amines is 2. The Bertz CT molecular complexity index is 2540. The largest absolute Gasteiger partial charge is 0.511 e. The summed E-state index contributed by atoms with van der Waals surface area (Å²) >= 11 is 0. The summed E-state index contributed by atoms with van der Waals surface area (Å²) in [7, 11) is 0.